The first kappa shape index (κ1) is 17.9. The third-order valence-corrected chi connectivity index (χ3v) is 5.07. The number of carbonyl (C=O) groups is 1. The number of unbranched alkanes of at least 4 members (excludes halogenated alkanes) is 1. The van der Waals surface area contributed by atoms with Crippen LogP contribution in [0.3, 0.4) is 0 Å². The lowest BCUT2D eigenvalue weighted by atomic mass is 10.2. The molecule has 2 heterocycles. The maximum atomic E-state index is 14.6. The van der Waals surface area contributed by atoms with Gasteiger partial charge in [0.15, 0.2) is 11.6 Å². The fourth-order valence-corrected chi connectivity index (χ4v) is 3.57. The zero-order valence-electron chi connectivity index (χ0n) is 14.2. The molecular formula is C20H17FN2O2S. The fourth-order valence-electron chi connectivity index (χ4n) is 2.52. The molecule has 0 aliphatic rings. The van der Waals surface area contributed by atoms with Crippen LogP contribution in [-0.2, 0) is 0 Å². The molecule has 0 fully saturated rings. The molecule has 1 aromatic carbocycles. The number of aromatic nitrogens is 1. The number of aryl methyl sites for hydroxylation is 1. The monoisotopic (exact) mass is 368 g/mol. The van der Waals surface area contributed by atoms with Gasteiger partial charge in [-0.15, -0.1) is 23.7 Å². The number of nitrogens with zero attached hydrogens (tertiary/aromatic N) is 1. The minimum atomic E-state index is -0.599. The lowest BCUT2D eigenvalue weighted by Crippen LogP contribution is -2.13. The van der Waals surface area contributed by atoms with E-state index in [1.807, 2.05) is 19.1 Å². The number of anilines is 1. The first-order chi connectivity index (χ1) is 12.6. The van der Waals surface area contributed by atoms with E-state index in [2.05, 4.69) is 16.2 Å². The molecule has 6 heteroatoms. The maximum absolute atomic E-state index is 14.6. The molecule has 3 rings (SSSR count). The number of thiophene rings is 1. The summed E-state index contributed by atoms with van der Waals surface area (Å²) < 4.78 is 20.0. The number of terminal acetylenes is 1. The summed E-state index contributed by atoms with van der Waals surface area (Å²) in [6.45, 7) is 2.18. The van der Waals surface area contributed by atoms with Crippen LogP contribution >= 0.6 is 11.3 Å². The number of amides is 1. The van der Waals surface area contributed by atoms with Crippen molar-refractivity contribution in [3.05, 3.63) is 52.8 Å². The van der Waals surface area contributed by atoms with Crippen LogP contribution in [0, 0.1) is 25.1 Å². The minimum absolute atomic E-state index is 0.0780. The number of hydrogen-bond acceptors (Lipinski definition) is 4. The van der Waals surface area contributed by atoms with Crippen molar-refractivity contribution >= 4 is 33.1 Å². The van der Waals surface area contributed by atoms with Crippen LogP contribution in [0.25, 0.3) is 10.2 Å². The first-order valence-corrected chi connectivity index (χ1v) is 8.93. The van der Waals surface area contributed by atoms with Crippen molar-refractivity contribution in [3.63, 3.8) is 0 Å². The summed E-state index contributed by atoms with van der Waals surface area (Å²) in [6.07, 6.45) is 8.07. The number of halogens is 1. The second kappa shape index (κ2) is 7.98. The van der Waals surface area contributed by atoms with Crippen LogP contribution in [0.2, 0.25) is 0 Å². The van der Waals surface area contributed by atoms with Gasteiger partial charge in [0.05, 0.1) is 17.2 Å². The highest BCUT2D eigenvalue weighted by Gasteiger charge is 2.18. The molecule has 0 atom stereocenters. The summed E-state index contributed by atoms with van der Waals surface area (Å²) >= 11 is 1.29. The van der Waals surface area contributed by atoms with Gasteiger partial charge in [-0.05, 0) is 37.1 Å². The molecule has 0 radical (unpaired) electrons. The molecule has 0 aliphatic heterocycles. The van der Waals surface area contributed by atoms with Gasteiger partial charge in [-0.25, -0.2) is 9.37 Å². The van der Waals surface area contributed by atoms with Gasteiger partial charge in [-0.3, -0.25) is 4.79 Å². The number of pyridine rings is 1. The highest BCUT2D eigenvalue weighted by atomic mass is 32.1. The van der Waals surface area contributed by atoms with E-state index >= 15 is 0 Å². The average Bonchev–Trinajstić information content (AvgIpc) is 2.99. The number of rotatable bonds is 6. The Bertz CT molecular complexity index is 991. The van der Waals surface area contributed by atoms with Crippen molar-refractivity contribution in [2.24, 2.45) is 0 Å². The fraction of sp³-hybridized carbons (Fsp3) is 0.200. The number of fused-ring (bicyclic) bond motifs is 1. The zero-order chi connectivity index (χ0) is 18.5. The second-order valence-electron chi connectivity index (χ2n) is 5.64. The van der Waals surface area contributed by atoms with Gasteiger partial charge < -0.3 is 10.1 Å². The second-order valence-corrected chi connectivity index (χ2v) is 6.64. The summed E-state index contributed by atoms with van der Waals surface area (Å²) in [5.41, 5.74) is 0.909. The third-order valence-electron chi connectivity index (χ3n) is 3.86. The number of carbonyl (C=O) groups excluding carboxylic acids is 1. The molecule has 0 unspecified atom stereocenters. The van der Waals surface area contributed by atoms with Crippen molar-refractivity contribution in [2.45, 2.75) is 19.8 Å². The minimum Gasteiger partial charge on any atom is -0.490 e. The number of nitrogens with one attached hydrogen (secondary N) is 1. The van der Waals surface area contributed by atoms with E-state index in [0.717, 1.165) is 15.8 Å². The van der Waals surface area contributed by atoms with Gasteiger partial charge in [-0.2, -0.15) is 0 Å². The summed E-state index contributed by atoms with van der Waals surface area (Å²) in [5.74, 6) is 1.63. The average molecular weight is 368 g/mol. The molecule has 132 valence electrons. The van der Waals surface area contributed by atoms with E-state index in [-0.39, 0.29) is 17.3 Å². The normalized spacial score (nSPS) is 10.5. The van der Waals surface area contributed by atoms with Gasteiger partial charge in [0.1, 0.15) is 4.83 Å². The smallest absolute Gasteiger partial charge is 0.266 e. The molecule has 1 amide bonds. The van der Waals surface area contributed by atoms with E-state index < -0.39 is 5.82 Å². The van der Waals surface area contributed by atoms with Crippen molar-refractivity contribution in [1.82, 2.24) is 4.98 Å². The standard InChI is InChI=1S/C20H17FN2O2S/c1-3-4-5-12-25-16-10-6-9-15(17(16)21)23-19(24)18-13(2)14-8-7-11-22-20(14)26-18/h1,6-11H,4-5,12H2,2H3,(H,23,24). The van der Waals surface area contributed by atoms with E-state index in [9.17, 15) is 9.18 Å². The van der Waals surface area contributed by atoms with E-state index in [4.69, 9.17) is 11.2 Å². The van der Waals surface area contributed by atoms with Gasteiger partial charge >= 0.3 is 0 Å². The molecule has 1 N–H and O–H groups in total. The topological polar surface area (TPSA) is 51.2 Å². The molecule has 0 saturated carbocycles. The quantitative estimate of drug-likeness (QED) is 0.503. The van der Waals surface area contributed by atoms with E-state index in [1.54, 1.807) is 12.3 Å². The maximum Gasteiger partial charge on any atom is 0.266 e. The summed E-state index contributed by atoms with van der Waals surface area (Å²) in [5, 5.41) is 3.55. The lowest BCUT2D eigenvalue weighted by molar-refractivity contribution is 0.102. The van der Waals surface area contributed by atoms with E-state index in [1.165, 1.54) is 23.5 Å². The molecule has 0 aliphatic carbocycles. The summed E-state index contributed by atoms with van der Waals surface area (Å²) in [7, 11) is 0. The van der Waals surface area contributed by atoms with Crippen molar-refractivity contribution in [3.8, 4) is 18.1 Å². The van der Waals surface area contributed by atoms with Crippen LogP contribution in [0.1, 0.15) is 28.1 Å². The highest BCUT2D eigenvalue weighted by Crippen LogP contribution is 2.31. The molecule has 0 spiro atoms. The van der Waals surface area contributed by atoms with Crippen molar-refractivity contribution in [2.75, 3.05) is 11.9 Å². The van der Waals surface area contributed by atoms with Crippen molar-refractivity contribution in [1.29, 1.82) is 0 Å². The molecule has 3 aromatic rings. The Morgan fingerprint density at radius 3 is 3.00 bits per heavy atom. The Kier molecular flexibility index (Phi) is 5.49. The van der Waals surface area contributed by atoms with Gasteiger partial charge in [0.2, 0.25) is 0 Å². The number of hydrogen-bond donors (Lipinski definition) is 1. The van der Waals surface area contributed by atoms with Crippen LogP contribution in [0.5, 0.6) is 5.75 Å². The van der Waals surface area contributed by atoms with E-state index in [0.29, 0.717) is 24.3 Å². The molecule has 2 aromatic heterocycles. The number of ether oxygens (including phenoxy) is 1. The Labute approximate surface area is 155 Å². The Balaban J connectivity index is 1.78. The van der Waals surface area contributed by atoms with Gasteiger partial charge in [0, 0.05) is 18.0 Å². The van der Waals surface area contributed by atoms with Crippen molar-refractivity contribution < 1.29 is 13.9 Å². The summed E-state index contributed by atoms with van der Waals surface area (Å²) in [4.78, 5) is 18.2. The predicted octanol–water partition coefficient (Wildman–Crippen LogP) is 4.79. The Hall–Kier alpha value is -2.91. The largest absolute Gasteiger partial charge is 0.490 e. The zero-order valence-corrected chi connectivity index (χ0v) is 15.0. The third kappa shape index (κ3) is 3.68. The van der Waals surface area contributed by atoms with Crippen LogP contribution in [0.4, 0.5) is 10.1 Å². The lowest BCUT2D eigenvalue weighted by Gasteiger charge is -2.10. The highest BCUT2D eigenvalue weighted by molar-refractivity contribution is 7.20. The molecule has 0 saturated heterocycles. The Morgan fingerprint density at radius 1 is 1.38 bits per heavy atom. The Morgan fingerprint density at radius 2 is 2.23 bits per heavy atom. The number of benzene rings is 1. The molecule has 26 heavy (non-hydrogen) atoms. The molecular weight excluding hydrogens is 351 g/mol. The molecule has 4 nitrogen and oxygen atoms in total. The van der Waals surface area contributed by atoms with Crippen LogP contribution < -0.4 is 10.1 Å². The van der Waals surface area contributed by atoms with Gasteiger partial charge in [0.25, 0.3) is 5.91 Å². The summed E-state index contributed by atoms with van der Waals surface area (Å²) in [6, 6.07) is 8.40. The SMILES string of the molecule is C#CCCCOc1cccc(NC(=O)c2sc3ncccc3c2C)c1F. The molecule has 0 bridgehead atoms. The van der Waals surface area contributed by atoms with Gasteiger partial charge in [-0.1, -0.05) is 12.1 Å². The van der Waals surface area contributed by atoms with Crippen LogP contribution in [0.15, 0.2) is 36.5 Å². The first-order valence-electron chi connectivity index (χ1n) is 8.12. The predicted molar refractivity (Wildman–Crippen MR) is 102 cm³/mol. The van der Waals surface area contributed by atoms with Crippen LogP contribution in [-0.4, -0.2) is 17.5 Å².